The van der Waals surface area contributed by atoms with Crippen molar-refractivity contribution in [2.24, 2.45) is 0 Å². The molecule has 0 heterocycles. The highest BCUT2D eigenvalue weighted by molar-refractivity contribution is 6.07. The van der Waals surface area contributed by atoms with Gasteiger partial charge in [0, 0.05) is 24.8 Å². The highest BCUT2D eigenvalue weighted by atomic mass is 19.4. The van der Waals surface area contributed by atoms with Crippen molar-refractivity contribution in [1.29, 1.82) is 0 Å². The van der Waals surface area contributed by atoms with E-state index in [1.165, 1.54) is 0 Å². The largest absolute Gasteiger partial charge is 0.507 e. The van der Waals surface area contributed by atoms with Crippen LogP contribution in [0.4, 0.5) is 18.9 Å². The van der Waals surface area contributed by atoms with Gasteiger partial charge in [-0.25, -0.2) is 0 Å². The molecule has 2 rings (SSSR count). The zero-order chi connectivity index (χ0) is 19.3. The van der Waals surface area contributed by atoms with Gasteiger partial charge in [-0.15, -0.1) is 0 Å². The zero-order valence-electron chi connectivity index (χ0n) is 13.2. The molecule has 136 valence electrons. The van der Waals surface area contributed by atoms with E-state index in [0.717, 1.165) is 18.2 Å². The van der Waals surface area contributed by atoms with Gasteiger partial charge in [-0.1, -0.05) is 30.3 Å². The molecule has 2 aromatic rings. The summed E-state index contributed by atoms with van der Waals surface area (Å²) >= 11 is 0. The predicted octanol–water partition coefficient (Wildman–Crippen LogP) is 3.72. The van der Waals surface area contributed by atoms with E-state index in [-0.39, 0.29) is 12.6 Å². The summed E-state index contributed by atoms with van der Waals surface area (Å²) in [6.07, 6.45) is -4.58. The van der Waals surface area contributed by atoms with Gasteiger partial charge in [0.15, 0.2) is 5.78 Å². The van der Waals surface area contributed by atoms with Gasteiger partial charge >= 0.3 is 6.18 Å². The number of nitro groups is 1. The van der Waals surface area contributed by atoms with Crippen LogP contribution in [0.5, 0.6) is 5.75 Å². The number of phenolic OH excluding ortho intramolecular Hbond substituents is 1. The van der Waals surface area contributed by atoms with Crippen LogP contribution in [0.25, 0.3) is 0 Å². The summed E-state index contributed by atoms with van der Waals surface area (Å²) < 4.78 is 39.5. The molecule has 0 atom stereocenters. The van der Waals surface area contributed by atoms with Crippen LogP contribution in [0.1, 0.15) is 15.9 Å². The first-order valence-corrected chi connectivity index (χ1v) is 7.27. The minimum absolute atomic E-state index is 0.180. The Morgan fingerprint density at radius 1 is 1.19 bits per heavy atom. The van der Waals surface area contributed by atoms with Crippen molar-refractivity contribution in [2.45, 2.75) is 12.7 Å². The number of aromatic hydroxyl groups is 1. The summed E-state index contributed by atoms with van der Waals surface area (Å²) in [5.74, 6) is -1.86. The van der Waals surface area contributed by atoms with E-state index in [2.05, 4.69) is 5.32 Å². The number of non-ortho nitro benzene ring substituents is 1. The molecule has 0 aliphatic heterocycles. The molecule has 0 aliphatic carbocycles. The van der Waals surface area contributed by atoms with E-state index in [4.69, 9.17) is 0 Å². The molecule has 0 radical (unpaired) electrons. The van der Waals surface area contributed by atoms with Gasteiger partial charge in [0.2, 0.25) is 0 Å². The molecule has 9 heteroatoms. The highest BCUT2D eigenvalue weighted by Gasteiger charge is 2.34. The van der Waals surface area contributed by atoms with Gasteiger partial charge in [0.1, 0.15) is 11.4 Å². The van der Waals surface area contributed by atoms with Gasteiger partial charge in [-0.05, 0) is 11.6 Å². The molecule has 26 heavy (non-hydrogen) atoms. The van der Waals surface area contributed by atoms with Gasteiger partial charge in [0.05, 0.1) is 10.5 Å². The molecule has 0 fully saturated rings. The molecular weight excluding hydrogens is 353 g/mol. The molecule has 0 saturated carbocycles. The maximum atomic E-state index is 13.2. The fraction of sp³-hybridized carbons (Fsp3) is 0.118. The Hall–Kier alpha value is -3.36. The van der Waals surface area contributed by atoms with Crippen molar-refractivity contribution in [3.8, 4) is 5.75 Å². The number of ketones is 1. The Labute approximate surface area is 145 Å². The smallest absolute Gasteiger partial charge is 0.431 e. The van der Waals surface area contributed by atoms with Crippen molar-refractivity contribution in [1.82, 2.24) is 5.32 Å². The maximum absolute atomic E-state index is 13.2. The molecule has 2 aromatic carbocycles. The van der Waals surface area contributed by atoms with Crippen LogP contribution < -0.4 is 5.32 Å². The molecule has 0 amide bonds. The van der Waals surface area contributed by atoms with E-state index in [1.54, 1.807) is 30.3 Å². The zero-order valence-corrected chi connectivity index (χ0v) is 13.2. The van der Waals surface area contributed by atoms with Crippen LogP contribution >= 0.6 is 0 Å². The van der Waals surface area contributed by atoms with Crippen LogP contribution in [0.15, 0.2) is 60.3 Å². The second kappa shape index (κ2) is 7.68. The SMILES string of the molecule is O=C(/C=C(\NCc1ccccc1)C(F)(F)F)c1cc([N+](=O)[O-])ccc1O. The lowest BCUT2D eigenvalue weighted by atomic mass is 10.1. The average Bonchev–Trinajstić information content (AvgIpc) is 2.58. The number of benzene rings is 2. The number of carbonyl (C=O) groups is 1. The molecule has 0 spiro atoms. The first-order valence-electron chi connectivity index (χ1n) is 7.27. The lowest BCUT2D eigenvalue weighted by Gasteiger charge is -2.14. The number of halogens is 3. The van der Waals surface area contributed by atoms with Gasteiger partial charge in [-0.2, -0.15) is 13.2 Å². The molecule has 6 nitrogen and oxygen atoms in total. The van der Waals surface area contributed by atoms with Crippen molar-refractivity contribution < 1.29 is 28.0 Å². The monoisotopic (exact) mass is 366 g/mol. The van der Waals surface area contributed by atoms with Gasteiger partial charge in [0.25, 0.3) is 5.69 Å². The number of phenols is 1. The Morgan fingerprint density at radius 3 is 2.42 bits per heavy atom. The third kappa shape index (κ3) is 4.82. The van der Waals surface area contributed by atoms with Gasteiger partial charge < -0.3 is 10.4 Å². The lowest BCUT2D eigenvalue weighted by Crippen LogP contribution is -2.27. The predicted molar refractivity (Wildman–Crippen MR) is 86.5 cm³/mol. The minimum Gasteiger partial charge on any atom is -0.507 e. The van der Waals surface area contributed by atoms with Crippen LogP contribution in [0, 0.1) is 10.1 Å². The number of hydrogen-bond acceptors (Lipinski definition) is 5. The van der Waals surface area contributed by atoms with Crippen molar-refractivity contribution in [3.63, 3.8) is 0 Å². The van der Waals surface area contributed by atoms with Crippen LogP contribution in [-0.2, 0) is 6.54 Å². The van der Waals surface area contributed by atoms with E-state index in [9.17, 15) is 33.2 Å². The topological polar surface area (TPSA) is 92.5 Å². The third-order valence-electron chi connectivity index (χ3n) is 3.36. The van der Waals surface area contributed by atoms with E-state index < -0.39 is 39.6 Å². The number of nitro benzene ring substituents is 1. The number of nitrogens with one attached hydrogen (secondary N) is 1. The number of carbonyl (C=O) groups excluding carboxylic acids is 1. The Morgan fingerprint density at radius 2 is 1.85 bits per heavy atom. The fourth-order valence-corrected chi connectivity index (χ4v) is 2.07. The normalized spacial score (nSPS) is 11.9. The fourth-order valence-electron chi connectivity index (χ4n) is 2.07. The third-order valence-corrected chi connectivity index (χ3v) is 3.36. The Balaban J connectivity index is 2.30. The number of hydrogen-bond donors (Lipinski definition) is 2. The first kappa shape index (κ1) is 19.0. The molecule has 2 N–H and O–H groups in total. The maximum Gasteiger partial charge on any atom is 0.431 e. The molecular formula is C17H13F3N2O4. The standard InChI is InChI=1S/C17H13F3N2O4/c18-17(19,20)16(21-10-11-4-2-1-3-5-11)9-15(24)13-8-12(22(25)26)6-7-14(13)23/h1-9,21,23H,10H2/b16-9-. The van der Waals surface area contributed by atoms with Crippen molar-refractivity contribution in [3.05, 3.63) is 81.5 Å². The van der Waals surface area contributed by atoms with E-state index >= 15 is 0 Å². The molecule has 0 unspecified atom stereocenters. The van der Waals surface area contributed by atoms with Crippen molar-refractivity contribution in [2.75, 3.05) is 0 Å². The lowest BCUT2D eigenvalue weighted by molar-refractivity contribution is -0.384. The summed E-state index contributed by atoms with van der Waals surface area (Å²) in [7, 11) is 0. The number of alkyl halides is 3. The Kier molecular flexibility index (Phi) is 5.61. The minimum atomic E-state index is -4.85. The number of nitrogens with zero attached hydrogens (tertiary/aromatic N) is 1. The number of allylic oxidation sites excluding steroid dienone is 2. The quantitative estimate of drug-likeness (QED) is 0.352. The average molecular weight is 366 g/mol. The molecule has 0 aliphatic rings. The first-order chi connectivity index (χ1) is 12.2. The summed E-state index contributed by atoms with van der Waals surface area (Å²) in [6, 6.07) is 10.8. The number of rotatable bonds is 6. The van der Waals surface area contributed by atoms with Crippen LogP contribution in [0.3, 0.4) is 0 Å². The van der Waals surface area contributed by atoms with Crippen LogP contribution in [0.2, 0.25) is 0 Å². The van der Waals surface area contributed by atoms with Crippen molar-refractivity contribution >= 4 is 11.5 Å². The summed E-state index contributed by atoms with van der Waals surface area (Å²) in [5, 5.41) is 22.5. The second-order valence-electron chi connectivity index (χ2n) is 5.22. The Bertz CT molecular complexity index is 849. The van der Waals surface area contributed by atoms with Gasteiger partial charge in [-0.3, -0.25) is 14.9 Å². The molecule has 0 aromatic heterocycles. The molecule has 0 saturated heterocycles. The summed E-state index contributed by atoms with van der Waals surface area (Å²) in [4.78, 5) is 22.0. The van der Waals surface area contributed by atoms with Crippen LogP contribution in [-0.4, -0.2) is 22.0 Å². The second-order valence-corrected chi connectivity index (χ2v) is 5.22. The summed E-state index contributed by atoms with van der Waals surface area (Å²) in [6.45, 7) is -0.180. The van der Waals surface area contributed by atoms with E-state index in [1.807, 2.05) is 0 Å². The summed E-state index contributed by atoms with van der Waals surface area (Å²) in [5.41, 5.74) is -1.88. The highest BCUT2D eigenvalue weighted by Crippen LogP contribution is 2.27. The molecule has 0 bridgehead atoms. The van der Waals surface area contributed by atoms with E-state index in [0.29, 0.717) is 5.56 Å².